The molecular weight excluding hydrogens is 235 g/mol. The van der Waals surface area contributed by atoms with Gasteiger partial charge < -0.3 is 10.5 Å². The van der Waals surface area contributed by atoms with Gasteiger partial charge in [0.1, 0.15) is 6.20 Å². The molecule has 0 aromatic heterocycles. The summed E-state index contributed by atoms with van der Waals surface area (Å²) >= 11 is 0. The molecule has 2 aliphatic rings. The maximum Gasteiger partial charge on any atom is 0.180 e. The number of fused-ring (bicyclic) bond motifs is 1. The summed E-state index contributed by atoms with van der Waals surface area (Å²) < 4.78 is 0. The number of nitrogens with zero attached hydrogens (tertiary/aromatic N) is 2. The number of nitrogens with one attached hydrogen (secondary N) is 2. The van der Waals surface area contributed by atoms with E-state index in [4.69, 9.17) is 0 Å². The molecule has 2 heterocycles. The maximum absolute atomic E-state index is 10.9. The quantitative estimate of drug-likeness (QED) is 0.474. The summed E-state index contributed by atoms with van der Waals surface area (Å²) in [6.45, 7) is 0. The fraction of sp³-hybridized carbons (Fsp3) is 0. The molecule has 2 N–H and O–H groups in total. The molecule has 2 rings (SSSR count). The number of allylic oxidation sites excluding steroid dienone is 1. The van der Waals surface area contributed by atoms with E-state index in [1.54, 1.807) is 24.7 Å². The second kappa shape index (κ2) is 3.67. The molecule has 5 nitrogen and oxygen atoms in total. The van der Waals surface area contributed by atoms with E-state index in [0.29, 0.717) is 10.6 Å². The first-order valence-electron chi connectivity index (χ1n) is 3.15. The molecule has 2 aliphatic heterocycles. The average molecular weight is 241 g/mol. The van der Waals surface area contributed by atoms with Crippen molar-refractivity contribution in [2.24, 2.45) is 5.22 Å². The normalized spacial score (nSPS) is 18.5. The predicted octanol–water partition coefficient (Wildman–Crippen LogP) is 0.307. The zero-order chi connectivity index (χ0) is 7.68. The van der Waals surface area contributed by atoms with E-state index < -0.39 is 0 Å². The van der Waals surface area contributed by atoms with Gasteiger partial charge in [0.25, 0.3) is 0 Å². The Morgan fingerprint density at radius 2 is 2.25 bits per heavy atom. The minimum atomic E-state index is 0. The molecule has 0 aromatic rings. The van der Waals surface area contributed by atoms with Crippen LogP contribution in [0, 0.1) is 5.21 Å². The summed E-state index contributed by atoms with van der Waals surface area (Å²) in [7, 11) is 0. The third-order valence-electron chi connectivity index (χ3n) is 1.45. The van der Waals surface area contributed by atoms with Gasteiger partial charge in [-0.3, -0.25) is 0 Å². The number of hydrogen-bond donors (Lipinski definition) is 2. The van der Waals surface area contributed by atoms with Crippen molar-refractivity contribution in [3.05, 3.63) is 41.2 Å². The van der Waals surface area contributed by atoms with E-state index >= 15 is 0 Å². The Labute approximate surface area is 88.2 Å². The minimum absolute atomic E-state index is 0. The summed E-state index contributed by atoms with van der Waals surface area (Å²) in [6, 6.07) is 0. The summed E-state index contributed by atoms with van der Waals surface area (Å²) in [5.41, 5.74) is 3.84. The van der Waals surface area contributed by atoms with E-state index in [9.17, 15) is 5.21 Å². The Hall–Kier alpha value is -0.897. The van der Waals surface area contributed by atoms with Crippen molar-refractivity contribution in [1.29, 1.82) is 0 Å². The number of hydrogen-bond acceptors (Lipinski definition) is 4. The Morgan fingerprint density at radius 3 is 3.00 bits per heavy atom. The Morgan fingerprint density at radius 1 is 1.42 bits per heavy atom. The van der Waals surface area contributed by atoms with Crippen molar-refractivity contribution in [3.8, 4) is 0 Å². The van der Waals surface area contributed by atoms with Gasteiger partial charge >= 0.3 is 0 Å². The first-order valence-corrected chi connectivity index (χ1v) is 3.15. The van der Waals surface area contributed by atoms with Crippen molar-refractivity contribution in [2.45, 2.75) is 0 Å². The van der Waals surface area contributed by atoms with E-state index in [0.717, 1.165) is 5.57 Å². The molecular formula is C6H6N4OZr. The van der Waals surface area contributed by atoms with Gasteiger partial charge in [0, 0.05) is 32.4 Å². The molecule has 60 valence electrons. The molecule has 0 atom stereocenters. The van der Waals surface area contributed by atoms with E-state index in [2.05, 4.69) is 16.0 Å². The smallest absolute Gasteiger partial charge is 0.180 e. The number of hydroxylamine groups is 1. The van der Waals surface area contributed by atoms with Crippen LogP contribution in [0.25, 0.3) is 0 Å². The maximum atomic E-state index is 10.9. The van der Waals surface area contributed by atoms with Crippen LogP contribution in [-0.2, 0) is 26.2 Å². The van der Waals surface area contributed by atoms with Crippen LogP contribution in [-0.4, -0.2) is 4.86 Å². The van der Waals surface area contributed by atoms with Gasteiger partial charge in [-0.15, -0.1) is 4.86 Å². The van der Waals surface area contributed by atoms with Crippen LogP contribution in [0.4, 0.5) is 0 Å². The van der Waals surface area contributed by atoms with Gasteiger partial charge in [0.05, 0.1) is 17.0 Å². The first-order chi connectivity index (χ1) is 5.38. The van der Waals surface area contributed by atoms with E-state index in [-0.39, 0.29) is 26.2 Å². The Balaban J connectivity index is 0.000000720. The third-order valence-corrected chi connectivity index (χ3v) is 1.45. The minimum Gasteiger partial charge on any atom is -0.691 e. The van der Waals surface area contributed by atoms with Crippen LogP contribution in [0.2, 0.25) is 0 Å². The van der Waals surface area contributed by atoms with Gasteiger partial charge in [-0.1, -0.05) is 0 Å². The second-order valence-corrected chi connectivity index (χ2v) is 2.13. The van der Waals surface area contributed by atoms with Gasteiger partial charge in [0.2, 0.25) is 0 Å². The molecule has 0 spiro atoms. The molecule has 6 heteroatoms. The van der Waals surface area contributed by atoms with Gasteiger partial charge in [0.15, 0.2) is 5.70 Å². The van der Waals surface area contributed by atoms with Crippen molar-refractivity contribution < 1.29 is 31.1 Å². The van der Waals surface area contributed by atoms with Gasteiger partial charge in [-0.05, 0) is 6.08 Å². The van der Waals surface area contributed by atoms with Crippen LogP contribution < -0.4 is 10.7 Å². The fourth-order valence-electron chi connectivity index (χ4n) is 0.926. The van der Waals surface area contributed by atoms with Crippen molar-refractivity contribution in [2.75, 3.05) is 0 Å². The molecule has 12 heavy (non-hydrogen) atoms. The second-order valence-electron chi connectivity index (χ2n) is 2.13. The molecule has 0 aliphatic carbocycles. The van der Waals surface area contributed by atoms with Crippen LogP contribution >= 0.6 is 0 Å². The van der Waals surface area contributed by atoms with Crippen LogP contribution in [0.1, 0.15) is 0 Å². The zero-order valence-corrected chi connectivity index (χ0v) is 8.57. The molecule has 0 bridgehead atoms. The largest absolute Gasteiger partial charge is 0.691 e. The van der Waals surface area contributed by atoms with Gasteiger partial charge in [-0.25, -0.2) is 0 Å². The summed E-state index contributed by atoms with van der Waals surface area (Å²) in [5.74, 6) is 0. The summed E-state index contributed by atoms with van der Waals surface area (Å²) in [5, 5.41) is 17.2. The molecule has 0 radical (unpaired) electrons. The molecule has 0 saturated heterocycles. The van der Waals surface area contributed by atoms with Crippen molar-refractivity contribution in [1.82, 2.24) is 10.7 Å². The molecule has 0 fully saturated rings. The monoisotopic (exact) mass is 240 g/mol. The third kappa shape index (κ3) is 1.48. The van der Waals surface area contributed by atoms with E-state index in [1.165, 1.54) is 0 Å². The van der Waals surface area contributed by atoms with E-state index in [1.807, 2.05) is 0 Å². The SMILES string of the molecule is [O-][N+]1=NNC=C2C=CNC=C21.[Zr]. The summed E-state index contributed by atoms with van der Waals surface area (Å²) in [6.07, 6.45) is 6.80. The molecule has 0 amide bonds. The molecule has 0 unspecified atom stereocenters. The number of dihydropyridines is 1. The van der Waals surface area contributed by atoms with Crippen molar-refractivity contribution in [3.63, 3.8) is 0 Å². The van der Waals surface area contributed by atoms with Gasteiger partial charge in [-0.2, -0.15) is 5.43 Å². The van der Waals surface area contributed by atoms with Crippen molar-refractivity contribution >= 4 is 0 Å². The summed E-state index contributed by atoms with van der Waals surface area (Å²) in [4.78, 5) is 0.534. The van der Waals surface area contributed by atoms with Crippen LogP contribution in [0.15, 0.2) is 41.2 Å². The average Bonchev–Trinajstić information content (AvgIpc) is 2.06. The Kier molecular flexibility index (Phi) is 2.81. The first kappa shape index (κ1) is 9.19. The predicted molar refractivity (Wildman–Crippen MR) is 37.6 cm³/mol. The molecule has 0 saturated carbocycles. The molecule has 0 aromatic carbocycles. The number of rotatable bonds is 0. The standard InChI is InChI=1S/C6H6N4O.Zr/c11-10-6-4-7-2-1-5(6)3-8-9-10;/h1-4,7-8H;. The fourth-order valence-corrected chi connectivity index (χ4v) is 0.926. The zero-order valence-electron chi connectivity index (χ0n) is 6.11. The Bertz CT molecular complexity index is 305. The van der Waals surface area contributed by atoms with Crippen LogP contribution in [0.3, 0.4) is 0 Å². The van der Waals surface area contributed by atoms with Crippen LogP contribution in [0.5, 0.6) is 0 Å². The topological polar surface area (TPSA) is 62.5 Å².